The molecule has 0 amide bonds. The second-order valence-electron chi connectivity index (χ2n) is 11.3. The fraction of sp³-hybridized carbons (Fsp3) is 0.840. The van der Waals surface area contributed by atoms with Crippen LogP contribution in [-0.4, -0.2) is 28.2 Å². The number of rotatable bonds is 4. The lowest BCUT2D eigenvalue weighted by molar-refractivity contribution is -0.191. The van der Waals surface area contributed by atoms with E-state index < -0.39 is 11.4 Å². The maximum Gasteiger partial charge on any atom is 0.175 e. The van der Waals surface area contributed by atoms with Gasteiger partial charge in [-0.05, 0) is 94.0 Å². The van der Waals surface area contributed by atoms with Crippen molar-refractivity contribution in [3.63, 3.8) is 0 Å². The van der Waals surface area contributed by atoms with Crippen molar-refractivity contribution in [2.75, 3.05) is 6.61 Å². The van der Waals surface area contributed by atoms with Crippen LogP contribution in [0.1, 0.15) is 79.6 Å². The van der Waals surface area contributed by atoms with Crippen molar-refractivity contribution in [1.29, 1.82) is 0 Å². The Morgan fingerprint density at radius 3 is 2.75 bits per heavy atom. The SMILES string of the molecule is CC(C)=CCC[C@@H](C)[C@H]1CC[C@]2(C)C[C@H]3[C@@H]4C(=CC[C@@H]12)CO[C@]4(O)C[C@@]3(C)O. The fourth-order valence-corrected chi connectivity index (χ4v) is 7.36. The third-order valence-corrected chi connectivity index (χ3v) is 8.87. The van der Waals surface area contributed by atoms with Crippen molar-refractivity contribution in [3.8, 4) is 0 Å². The monoisotopic (exact) mass is 388 g/mol. The molecule has 28 heavy (non-hydrogen) atoms. The molecule has 8 atom stereocenters. The Morgan fingerprint density at radius 1 is 1.29 bits per heavy atom. The minimum Gasteiger partial charge on any atom is -0.390 e. The number of allylic oxidation sites excluding steroid dienone is 3. The maximum atomic E-state index is 11.2. The average Bonchev–Trinajstić information content (AvgIpc) is 3.11. The third-order valence-electron chi connectivity index (χ3n) is 8.87. The summed E-state index contributed by atoms with van der Waals surface area (Å²) in [5, 5.41) is 22.3. The van der Waals surface area contributed by atoms with Crippen molar-refractivity contribution in [2.24, 2.45) is 35.0 Å². The van der Waals surface area contributed by atoms with Gasteiger partial charge in [0.25, 0.3) is 0 Å². The molecule has 0 aromatic heterocycles. The van der Waals surface area contributed by atoms with Crippen LogP contribution in [0.25, 0.3) is 0 Å². The number of hydrogen-bond donors (Lipinski definition) is 2. The largest absolute Gasteiger partial charge is 0.390 e. The van der Waals surface area contributed by atoms with Crippen LogP contribution in [0.3, 0.4) is 0 Å². The Balaban J connectivity index is 1.59. The summed E-state index contributed by atoms with van der Waals surface area (Å²) < 4.78 is 5.85. The molecule has 2 saturated carbocycles. The molecule has 158 valence electrons. The molecule has 1 heterocycles. The molecule has 3 fully saturated rings. The van der Waals surface area contributed by atoms with Crippen molar-refractivity contribution in [2.45, 2.75) is 91.0 Å². The summed E-state index contributed by atoms with van der Waals surface area (Å²) in [7, 11) is 0. The van der Waals surface area contributed by atoms with Crippen LogP contribution in [-0.2, 0) is 4.74 Å². The van der Waals surface area contributed by atoms with Gasteiger partial charge in [0.05, 0.1) is 12.2 Å². The molecule has 0 unspecified atom stereocenters. The van der Waals surface area contributed by atoms with Gasteiger partial charge in [-0.25, -0.2) is 0 Å². The molecule has 0 aromatic carbocycles. The number of fused-ring (bicyclic) bond motifs is 1. The van der Waals surface area contributed by atoms with Crippen LogP contribution in [0.2, 0.25) is 0 Å². The summed E-state index contributed by atoms with van der Waals surface area (Å²) in [5.41, 5.74) is 2.06. The molecule has 3 aliphatic carbocycles. The zero-order valence-corrected chi connectivity index (χ0v) is 18.5. The second-order valence-corrected chi connectivity index (χ2v) is 11.3. The molecular formula is C25H40O3. The van der Waals surface area contributed by atoms with Crippen molar-refractivity contribution < 1.29 is 14.9 Å². The molecule has 1 saturated heterocycles. The Morgan fingerprint density at radius 2 is 2.04 bits per heavy atom. The lowest BCUT2D eigenvalue weighted by Crippen LogP contribution is -2.40. The maximum absolute atomic E-state index is 11.2. The van der Waals surface area contributed by atoms with Gasteiger partial charge >= 0.3 is 0 Å². The Hall–Kier alpha value is -0.640. The highest BCUT2D eigenvalue weighted by Crippen LogP contribution is 2.63. The van der Waals surface area contributed by atoms with Crippen LogP contribution >= 0.6 is 0 Å². The Bertz CT molecular complexity index is 673. The number of hydrogen-bond acceptors (Lipinski definition) is 3. The van der Waals surface area contributed by atoms with Gasteiger partial charge in [-0.2, -0.15) is 0 Å². The molecule has 2 N–H and O–H groups in total. The quantitative estimate of drug-likeness (QED) is 0.649. The van der Waals surface area contributed by atoms with E-state index in [2.05, 4.69) is 39.8 Å². The van der Waals surface area contributed by atoms with Gasteiger partial charge in [-0.15, -0.1) is 0 Å². The van der Waals surface area contributed by atoms with E-state index in [4.69, 9.17) is 4.74 Å². The molecular weight excluding hydrogens is 348 g/mol. The molecule has 0 bridgehead atoms. The van der Waals surface area contributed by atoms with Crippen molar-refractivity contribution >= 4 is 0 Å². The first kappa shape index (κ1) is 20.6. The van der Waals surface area contributed by atoms with E-state index in [1.165, 1.54) is 36.8 Å². The first-order valence-electron chi connectivity index (χ1n) is 11.5. The Kier molecular flexibility index (Phi) is 5.13. The van der Waals surface area contributed by atoms with E-state index >= 15 is 0 Å². The van der Waals surface area contributed by atoms with Gasteiger partial charge in [0.1, 0.15) is 0 Å². The highest BCUT2D eigenvalue weighted by molar-refractivity contribution is 5.26. The van der Waals surface area contributed by atoms with Crippen LogP contribution in [0.4, 0.5) is 0 Å². The third kappa shape index (κ3) is 3.32. The van der Waals surface area contributed by atoms with Gasteiger partial charge in [0.2, 0.25) is 0 Å². The molecule has 1 aliphatic heterocycles. The van der Waals surface area contributed by atoms with Gasteiger partial charge in [-0.3, -0.25) is 0 Å². The second kappa shape index (κ2) is 6.96. The zero-order chi connectivity index (χ0) is 20.3. The summed E-state index contributed by atoms with van der Waals surface area (Å²) in [5.74, 6) is 1.09. The minimum absolute atomic E-state index is 0.0191. The standard InChI is InChI=1S/C25H40O3/c1-16(2)7-6-8-17(3)19-11-12-23(4)13-21-22-18(9-10-20(19)23)14-28-25(22,27)15-24(21,5)26/h7,9,17,19-22,26-27H,6,8,10-15H2,1-5H3/t17-,19-,20+,21+,22+,23-,24-,25-/m1/s1. The predicted molar refractivity (Wildman–Crippen MR) is 113 cm³/mol. The normalized spacial score (nSPS) is 48.3. The molecule has 4 rings (SSSR count). The summed E-state index contributed by atoms with van der Waals surface area (Å²) in [6.07, 6.45) is 12.2. The minimum atomic E-state index is -1.15. The van der Waals surface area contributed by atoms with Gasteiger partial charge < -0.3 is 14.9 Å². The smallest absolute Gasteiger partial charge is 0.175 e. The van der Waals surface area contributed by atoms with Crippen LogP contribution in [0.5, 0.6) is 0 Å². The first-order valence-corrected chi connectivity index (χ1v) is 11.5. The fourth-order valence-electron chi connectivity index (χ4n) is 7.36. The van der Waals surface area contributed by atoms with Gasteiger partial charge in [0.15, 0.2) is 5.79 Å². The van der Waals surface area contributed by atoms with E-state index in [1.54, 1.807) is 0 Å². The highest BCUT2D eigenvalue weighted by Gasteiger charge is 2.65. The molecule has 0 spiro atoms. The summed E-state index contributed by atoms with van der Waals surface area (Å²) in [4.78, 5) is 0. The molecule has 3 nitrogen and oxygen atoms in total. The topological polar surface area (TPSA) is 49.7 Å². The van der Waals surface area contributed by atoms with Gasteiger partial charge in [0, 0.05) is 12.3 Å². The summed E-state index contributed by atoms with van der Waals surface area (Å²) in [6.45, 7) is 11.7. The summed E-state index contributed by atoms with van der Waals surface area (Å²) >= 11 is 0. The highest BCUT2D eigenvalue weighted by atomic mass is 16.6. The average molecular weight is 389 g/mol. The number of aliphatic hydroxyl groups is 2. The molecule has 4 aliphatic rings. The van der Waals surface area contributed by atoms with Crippen molar-refractivity contribution in [1.82, 2.24) is 0 Å². The van der Waals surface area contributed by atoms with Gasteiger partial charge in [-0.1, -0.05) is 31.6 Å². The first-order chi connectivity index (χ1) is 13.1. The molecule has 0 radical (unpaired) electrons. The predicted octanol–water partition coefficient (Wildman–Crippen LogP) is 5.23. The lowest BCUT2D eigenvalue weighted by atomic mass is 9.62. The van der Waals surface area contributed by atoms with E-state index in [-0.39, 0.29) is 17.3 Å². The molecule has 0 aromatic rings. The molecule has 3 heteroatoms. The van der Waals surface area contributed by atoms with E-state index in [9.17, 15) is 10.2 Å². The van der Waals surface area contributed by atoms with Crippen LogP contribution < -0.4 is 0 Å². The van der Waals surface area contributed by atoms with E-state index in [0.29, 0.717) is 18.9 Å². The Labute approximate surface area is 171 Å². The van der Waals surface area contributed by atoms with E-state index in [1.807, 2.05) is 6.92 Å². The lowest BCUT2D eigenvalue weighted by Gasteiger charge is -2.43. The van der Waals surface area contributed by atoms with E-state index in [0.717, 1.165) is 24.7 Å². The van der Waals surface area contributed by atoms with Crippen molar-refractivity contribution in [3.05, 3.63) is 23.3 Å². The number of ether oxygens (including phenoxy) is 1. The van der Waals surface area contributed by atoms with Crippen LogP contribution in [0, 0.1) is 35.0 Å². The van der Waals surface area contributed by atoms with Crippen LogP contribution in [0.15, 0.2) is 23.3 Å². The summed E-state index contributed by atoms with van der Waals surface area (Å²) in [6, 6.07) is 0. The zero-order valence-electron chi connectivity index (χ0n) is 18.5.